The van der Waals surface area contributed by atoms with Gasteiger partial charge >= 0.3 is 0 Å². The normalized spacial score (nSPS) is 25.4. The van der Waals surface area contributed by atoms with Crippen LogP contribution in [-0.2, 0) is 14.8 Å². The molecule has 24 heavy (non-hydrogen) atoms. The fraction of sp³-hybridized carbons (Fsp3) is 0.533. The molecule has 1 saturated heterocycles. The third kappa shape index (κ3) is 3.01. The van der Waals surface area contributed by atoms with Gasteiger partial charge in [-0.25, -0.2) is 8.42 Å². The molecule has 8 nitrogen and oxygen atoms in total. The molecular formula is C15H19N3O5S. The SMILES string of the molecule is CC1CC(N2CCN(S(=O)(=O)c3ccc([N+](=O)[O-])cc3)CC2=O)C1. The lowest BCUT2D eigenvalue weighted by Crippen LogP contribution is -2.57. The summed E-state index contributed by atoms with van der Waals surface area (Å²) in [7, 11) is -3.82. The van der Waals surface area contributed by atoms with Crippen molar-refractivity contribution in [3.63, 3.8) is 0 Å². The predicted molar refractivity (Wildman–Crippen MR) is 85.8 cm³/mol. The molecule has 0 unspecified atom stereocenters. The van der Waals surface area contributed by atoms with E-state index in [4.69, 9.17) is 0 Å². The van der Waals surface area contributed by atoms with Gasteiger partial charge in [0.25, 0.3) is 5.69 Å². The average molecular weight is 353 g/mol. The van der Waals surface area contributed by atoms with Crippen LogP contribution in [0.5, 0.6) is 0 Å². The highest BCUT2D eigenvalue weighted by Gasteiger charge is 2.39. The summed E-state index contributed by atoms with van der Waals surface area (Å²) >= 11 is 0. The van der Waals surface area contributed by atoms with Gasteiger partial charge in [0.05, 0.1) is 16.4 Å². The Hall–Kier alpha value is -2.00. The monoisotopic (exact) mass is 353 g/mol. The van der Waals surface area contributed by atoms with Crippen LogP contribution in [0, 0.1) is 16.0 Å². The number of nitrogens with zero attached hydrogens (tertiary/aromatic N) is 3. The first-order valence-corrected chi connectivity index (χ1v) is 9.27. The largest absolute Gasteiger partial charge is 0.337 e. The molecule has 9 heteroatoms. The second kappa shape index (κ2) is 6.14. The fourth-order valence-corrected chi connectivity index (χ4v) is 4.64. The van der Waals surface area contributed by atoms with Gasteiger partial charge in [0.1, 0.15) is 0 Å². The fourth-order valence-electron chi connectivity index (χ4n) is 3.26. The molecular weight excluding hydrogens is 334 g/mol. The number of carbonyl (C=O) groups is 1. The minimum atomic E-state index is -3.82. The second-order valence-electron chi connectivity index (χ2n) is 6.41. The van der Waals surface area contributed by atoms with Gasteiger partial charge in [-0.2, -0.15) is 4.31 Å². The Morgan fingerprint density at radius 2 is 1.79 bits per heavy atom. The number of hydrogen-bond donors (Lipinski definition) is 0. The van der Waals surface area contributed by atoms with Gasteiger partial charge in [-0.15, -0.1) is 0 Å². The van der Waals surface area contributed by atoms with Crippen molar-refractivity contribution in [2.45, 2.75) is 30.7 Å². The molecule has 0 N–H and O–H groups in total. The van der Waals surface area contributed by atoms with E-state index in [-0.39, 0.29) is 35.6 Å². The highest BCUT2D eigenvalue weighted by atomic mass is 32.2. The van der Waals surface area contributed by atoms with Crippen molar-refractivity contribution in [2.75, 3.05) is 19.6 Å². The highest BCUT2D eigenvalue weighted by Crippen LogP contribution is 2.32. The van der Waals surface area contributed by atoms with Crippen molar-refractivity contribution >= 4 is 21.6 Å². The predicted octanol–water partition coefficient (Wildman–Crippen LogP) is 1.23. The van der Waals surface area contributed by atoms with Gasteiger partial charge in [-0.3, -0.25) is 14.9 Å². The average Bonchev–Trinajstić information content (AvgIpc) is 2.52. The lowest BCUT2D eigenvalue weighted by Gasteiger charge is -2.45. The van der Waals surface area contributed by atoms with Crippen LogP contribution in [0.1, 0.15) is 19.8 Å². The van der Waals surface area contributed by atoms with Crippen molar-refractivity contribution in [3.8, 4) is 0 Å². The standard InChI is InChI=1S/C15H19N3O5S/c1-11-8-13(9-11)17-7-6-16(10-15(17)19)24(22,23)14-4-2-12(3-5-14)18(20)21/h2-5,11,13H,6-10H2,1H3. The smallest absolute Gasteiger partial charge is 0.269 e. The highest BCUT2D eigenvalue weighted by molar-refractivity contribution is 7.89. The Kier molecular flexibility index (Phi) is 4.31. The molecule has 2 fully saturated rings. The topological polar surface area (TPSA) is 101 Å². The maximum Gasteiger partial charge on any atom is 0.269 e. The summed E-state index contributed by atoms with van der Waals surface area (Å²) < 4.78 is 26.4. The summed E-state index contributed by atoms with van der Waals surface area (Å²) in [5, 5.41) is 10.7. The summed E-state index contributed by atoms with van der Waals surface area (Å²) in [6.45, 7) is 2.60. The minimum Gasteiger partial charge on any atom is -0.337 e. The molecule has 0 bridgehead atoms. The van der Waals surface area contributed by atoms with E-state index in [1.807, 2.05) is 0 Å². The first kappa shape index (κ1) is 16.8. The van der Waals surface area contributed by atoms with Crippen molar-refractivity contribution < 1.29 is 18.1 Å². The van der Waals surface area contributed by atoms with Crippen LogP contribution in [-0.4, -0.2) is 54.1 Å². The molecule has 1 aliphatic carbocycles. The van der Waals surface area contributed by atoms with Crippen molar-refractivity contribution in [3.05, 3.63) is 34.4 Å². The zero-order chi connectivity index (χ0) is 17.5. The van der Waals surface area contributed by atoms with Gasteiger partial charge in [-0.05, 0) is 30.9 Å². The van der Waals surface area contributed by atoms with Crippen LogP contribution in [0.2, 0.25) is 0 Å². The van der Waals surface area contributed by atoms with E-state index in [0.29, 0.717) is 12.5 Å². The number of carbonyl (C=O) groups excluding carboxylic acids is 1. The number of amides is 1. The quantitative estimate of drug-likeness (QED) is 0.598. The molecule has 1 aliphatic heterocycles. The number of hydrogen-bond acceptors (Lipinski definition) is 5. The molecule has 0 spiro atoms. The molecule has 1 aromatic rings. The van der Waals surface area contributed by atoms with Crippen LogP contribution in [0.25, 0.3) is 0 Å². The Morgan fingerprint density at radius 3 is 2.29 bits per heavy atom. The number of piperazine rings is 1. The third-order valence-corrected chi connectivity index (χ3v) is 6.56. The maximum atomic E-state index is 12.6. The summed E-state index contributed by atoms with van der Waals surface area (Å²) in [6, 6.07) is 4.95. The summed E-state index contributed by atoms with van der Waals surface area (Å²) in [6.07, 6.45) is 1.95. The minimum absolute atomic E-state index is 0.0355. The van der Waals surface area contributed by atoms with E-state index in [1.54, 1.807) is 4.90 Å². The number of non-ortho nitro benzene ring substituents is 1. The molecule has 0 radical (unpaired) electrons. The van der Waals surface area contributed by atoms with Crippen LogP contribution >= 0.6 is 0 Å². The molecule has 1 aromatic carbocycles. The van der Waals surface area contributed by atoms with Gasteiger partial charge < -0.3 is 4.90 Å². The van der Waals surface area contributed by atoms with E-state index in [0.717, 1.165) is 29.3 Å². The molecule has 3 rings (SSSR count). The van der Waals surface area contributed by atoms with Gasteiger partial charge in [0.2, 0.25) is 15.9 Å². The molecule has 130 valence electrons. The Labute approximate surface area is 140 Å². The Morgan fingerprint density at radius 1 is 1.17 bits per heavy atom. The third-order valence-electron chi connectivity index (χ3n) is 4.70. The van der Waals surface area contributed by atoms with E-state index in [1.165, 1.54) is 12.1 Å². The number of benzene rings is 1. The molecule has 0 aromatic heterocycles. The van der Waals surface area contributed by atoms with Gasteiger partial charge in [0.15, 0.2) is 0 Å². The molecule has 1 saturated carbocycles. The van der Waals surface area contributed by atoms with Crippen molar-refractivity contribution in [2.24, 2.45) is 5.92 Å². The first-order valence-electron chi connectivity index (χ1n) is 7.83. The van der Waals surface area contributed by atoms with E-state index < -0.39 is 14.9 Å². The van der Waals surface area contributed by atoms with E-state index in [2.05, 4.69) is 6.92 Å². The Bertz CT molecular complexity index is 756. The van der Waals surface area contributed by atoms with Gasteiger partial charge in [0, 0.05) is 31.3 Å². The molecule has 0 atom stereocenters. The van der Waals surface area contributed by atoms with Crippen LogP contribution in [0.4, 0.5) is 5.69 Å². The van der Waals surface area contributed by atoms with Crippen molar-refractivity contribution in [1.29, 1.82) is 0 Å². The number of nitro groups is 1. The zero-order valence-corrected chi connectivity index (χ0v) is 14.1. The Balaban J connectivity index is 1.72. The number of nitro benzene ring substituents is 1. The lowest BCUT2D eigenvalue weighted by atomic mass is 9.80. The number of sulfonamides is 1. The van der Waals surface area contributed by atoms with Crippen LogP contribution in [0.3, 0.4) is 0 Å². The molecule has 1 amide bonds. The van der Waals surface area contributed by atoms with Crippen molar-refractivity contribution in [1.82, 2.24) is 9.21 Å². The number of rotatable bonds is 4. The molecule has 1 heterocycles. The first-order chi connectivity index (χ1) is 11.3. The summed E-state index contributed by atoms with van der Waals surface area (Å²) in [5.41, 5.74) is -0.172. The van der Waals surface area contributed by atoms with Crippen LogP contribution in [0.15, 0.2) is 29.2 Å². The second-order valence-corrected chi connectivity index (χ2v) is 8.35. The van der Waals surface area contributed by atoms with E-state index in [9.17, 15) is 23.3 Å². The van der Waals surface area contributed by atoms with Gasteiger partial charge in [-0.1, -0.05) is 6.92 Å². The summed E-state index contributed by atoms with van der Waals surface area (Å²) in [5.74, 6) is 0.438. The lowest BCUT2D eigenvalue weighted by molar-refractivity contribution is -0.384. The van der Waals surface area contributed by atoms with Crippen LogP contribution < -0.4 is 0 Å². The summed E-state index contributed by atoms with van der Waals surface area (Å²) in [4.78, 5) is 24.1. The van der Waals surface area contributed by atoms with E-state index >= 15 is 0 Å². The zero-order valence-electron chi connectivity index (χ0n) is 13.3. The maximum absolute atomic E-state index is 12.6. The molecule has 2 aliphatic rings.